The van der Waals surface area contributed by atoms with E-state index in [1.807, 2.05) is 6.07 Å². The molecule has 0 radical (unpaired) electrons. The maximum Gasteiger partial charge on any atom is 0.347 e. The molecular weight excluding hydrogens is 342 g/mol. The maximum atomic E-state index is 12.2. The molecular formula is C18H17NO7. The van der Waals surface area contributed by atoms with E-state index < -0.39 is 17.0 Å². The Morgan fingerprint density at radius 1 is 1.31 bits per heavy atom. The normalized spacial score (nSPS) is 13.9. The van der Waals surface area contributed by atoms with Crippen LogP contribution in [0.2, 0.25) is 0 Å². The Bertz CT molecular complexity index is 807. The quantitative estimate of drug-likeness (QED) is 0.444. The molecule has 0 aliphatic carbocycles. The minimum Gasteiger partial charge on any atom is -0.479 e. The number of nitrogens with zero attached hydrogens (tertiary/aromatic N) is 1. The average molecular weight is 359 g/mol. The highest BCUT2D eigenvalue weighted by Crippen LogP contribution is 2.33. The number of nitro benzene ring substituents is 1. The molecule has 1 aliphatic heterocycles. The van der Waals surface area contributed by atoms with Crippen LogP contribution in [-0.2, 0) is 27.5 Å². The largest absolute Gasteiger partial charge is 0.479 e. The zero-order valence-electron chi connectivity index (χ0n) is 14.0. The van der Waals surface area contributed by atoms with Gasteiger partial charge in [-0.15, -0.1) is 0 Å². The van der Waals surface area contributed by atoms with Crippen molar-refractivity contribution >= 4 is 11.7 Å². The fourth-order valence-electron chi connectivity index (χ4n) is 2.51. The lowest BCUT2D eigenvalue weighted by atomic mass is 10.1. The lowest BCUT2D eigenvalue weighted by Gasteiger charge is -2.21. The second kappa shape index (κ2) is 7.83. The Balaban J connectivity index is 1.69. The van der Waals surface area contributed by atoms with Crippen molar-refractivity contribution in [1.29, 1.82) is 0 Å². The zero-order chi connectivity index (χ0) is 18.5. The van der Waals surface area contributed by atoms with Crippen molar-refractivity contribution in [3.63, 3.8) is 0 Å². The van der Waals surface area contributed by atoms with Gasteiger partial charge in [-0.2, -0.15) is 0 Å². The monoisotopic (exact) mass is 359 g/mol. The van der Waals surface area contributed by atoms with Crippen LogP contribution in [0.3, 0.4) is 0 Å². The molecule has 1 aliphatic rings. The van der Waals surface area contributed by atoms with Gasteiger partial charge in [0.05, 0.1) is 11.5 Å². The summed E-state index contributed by atoms with van der Waals surface area (Å²) < 4.78 is 21.3. The van der Waals surface area contributed by atoms with Gasteiger partial charge in [-0.3, -0.25) is 10.1 Å². The molecule has 1 unspecified atom stereocenters. The number of esters is 1. The maximum absolute atomic E-state index is 12.2. The van der Waals surface area contributed by atoms with Gasteiger partial charge in [-0.05, 0) is 19.1 Å². The number of non-ortho nitro benzene ring substituents is 1. The van der Waals surface area contributed by atoms with Crippen LogP contribution in [0.4, 0.5) is 5.69 Å². The van der Waals surface area contributed by atoms with Crippen molar-refractivity contribution in [3.8, 4) is 11.5 Å². The third kappa shape index (κ3) is 4.09. The molecule has 3 rings (SSSR count). The average Bonchev–Trinajstić information content (AvgIpc) is 2.66. The number of carbonyl (C=O) groups excluding carboxylic acids is 1. The lowest BCUT2D eigenvalue weighted by molar-refractivity contribution is -0.385. The SMILES string of the molecule is CC(Oc1ccccc1)C(=O)OCc1cc([N+](=O)[O-])cc2c1OCOC2. The van der Waals surface area contributed by atoms with E-state index in [0.717, 1.165) is 0 Å². The molecule has 26 heavy (non-hydrogen) atoms. The summed E-state index contributed by atoms with van der Waals surface area (Å²) in [5, 5.41) is 11.1. The van der Waals surface area contributed by atoms with Crippen LogP contribution >= 0.6 is 0 Å². The van der Waals surface area contributed by atoms with Crippen LogP contribution in [0.15, 0.2) is 42.5 Å². The molecule has 2 aromatic rings. The Kier molecular flexibility index (Phi) is 5.33. The van der Waals surface area contributed by atoms with E-state index >= 15 is 0 Å². The van der Waals surface area contributed by atoms with Gasteiger partial charge in [0.25, 0.3) is 5.69 Å². The summed E-state index contributed by atoms with van der Waals surface area (Å²) in [5.74, 6) is 0.414. The van der Waals surface area contributed by atoms with Crippen molar-refractivity contribution in [2.24, 2.45) is 0 Å². The number of hydrogen-bond acceptors (Lipinski definition) is 7. The second-order valence-electron chi connectivity index (χ2n) is 5.64. The van der Waals surface area contributed by atoms with Gasteiger partial charge in [0.15, 0.2) is 12.9 Å². The van der Waals surface area contributed by atoms with Crippen molar-refractivity contribution < 1.29 is 28.7 Å². The Hall–Kier alpha value is -3.13. The van der Waals surface area contributed by atoms with Gasteiger partial charge in [-0.25, -0.2) is 4.79 Å². The van der Waals surface area contributed by atoms with Crippen LogP contribution in [0.5, 0.6) is 11.5 Å². The fraction of sp³-hybridized carbons (Fsp3) is 0.278. The predicted molar refractivity (Wildman–Crippen MR) is 89.7 cm³/mol. The van der Waals surface area contributed by atoms with Crippen LogP contribution in [0, 0.1) is 10.1 Å². The molecule has 0 saturated heterocycles. The number of benzene rings is 2. The van der Waals surface area contributed by atoms with Crippen molar-refractivity contribution in [2.75, 3.05) is 6.79 Å². The Labute approximate surface area is 149 Å². The van der Waals surface area contributed by atoms with Crippen molar-refractivity contribution in [1.82, 2.24) is 0 Å². The van der Waals surface area contributed by atoms with E-state index in [0.29, 0.717) is 22.6 Å². The lowest BCUT2D eigenvalue weighted by Crippen LogP contribution is -2.26. The number of hydrogen-bond donors (Lipinski definition) is 0. The molecule has 1 atom stereocenters. The first-order valence-corrected chi connectivity index (χ1v) is 7.93. The summed E-state index contributed by atoms with van der Waals surface area (Å²) in [4.78, 5) is 22.7. The first-order chi connectivity index (χ1) is 12.5. The first-order valence-electron chi connectivity index (χ1n) is 7.93. The number of rotatable bonds is 6. The summed E-state index contributed by atoms with van der Waals surface area (Å²) in [7, 11) is 0. The van der Waals surface area contributed by atoms with Crippen LogP contribution in [0.25, 0.3) is 0 Å². The Morgan fingerprint density at radius 2 is 2.08 bits per heavy atom. The van der Waals surface area contributed by atoms with Gasteiger partial charge in [0.2, 0.25) is 0 Å². The smallest absolute Gasteiger partial charge is 0.347 e. The number of carbonyl (C=O) groups is 1. The van der Waals surface area contributed by atoms with Gasteiger partial charge < -0.3 is 18.9 Å². The van der Waals surface area contributed by atoms with E-state index in [4.69, 9.17) is 18.9 Å². The predicted octanol–water partition coefficient (Wildman–Crippen LogP) is 2.97. The minimum atomic E-state index is -0.823. The molecule has 0 amide bonds. The summed E-state index contributed by atoms with van der Waals surface area (Å²) in [6.45, 7) is 1.65. The summed E-state index contributed by atoms with van der Waals surface area (Å²) in [5.41, 5.74) is 0.848. The molecule has 0 bridgehead atoms. The molecule has 0 saturated carbocycles. The molecule has 8 heteroatoms. The van der Waals surface area contributed by atoms with Crippen LogP contribution in [0.1, 0.15) is 18.1 Å². The summed E-state index contributed by atoms with van der Waals surface area (Å²) in [6, 6.07) is 11.6. The molecule has 1 heterocycles. The van der Waals surface area contributed by atoms with Crippen molar-refractivity contribution in [3.05, 3.63) is 63.7 Å². The topological polar surface area (TPSA) is 97.1 Å². The van der Waals surface area contributed by atoms with Crippen LogP contribution < -0.4 is 9.47 Å². The zero-order valence-corrected chi connectivity index (χ0v) is 14.0. The molecule has 0 fully saturated rings. The highest BCUT2D eigenvalue weighted by Gasteiger charge is 2.23. The molecule has 0 N–H and O–H groups in total. The molecule has 8 nitrogen and oxygen atoms in total. The molecule has 0 spiro atoms. The number of nitro groups is 1. The Morgan fingerprint density at radius 3 is 2.81 bits per heavy atom. The second-order valence-corrected chi connectivity index (χ2v) is 5.64. The third-order valence-corrected chi connectivity index (χ3v) is 3.74. The van der Waals surface area contributed by atoms with Crippen molar-refractivity contribution in [2.45, 2.75) is 26.2 Å². The van der Waals surface area contributed by atoms with E-state index in [2.05, 4.69) is 0 Å². The molecule has 136 valence electrons. The summed E-state index contributed by atoms with van der Waals surface area (Å²) >= 11 is 0. The highest BCUT2D eigenvalue weighted by molar-refractivity contribution is 5.74. The minimum absolute atomic E-state index is 0.0410. The highest BCUT2D eigenvalue weighted by atomic mass is 16.7. The van der Waals surface area contributed by atoms with Gasteiger partial charge in [0.1, 0.15) is 18.1 Å². The van der Waals surface area contributed by atoms with E-state index in [1.165, 1.54) is 12.1 Å². The fourth-order valence-corrected chi connectivity index (χ4v) is 2.51. The summed E-state index contributed by atoms with van der Waals surface area (Å²) in [6.07, 6.45) is -0.823. The van der Waals surface area contributed by atoms with Gasteiger partial charge in [-0.1, -0.05) is 18.2 Å². The van der Waals surface area contributed by atoms with E-state index in [-0.39, 0.29) is 25.7 Å². The third-order valence-electron chi connectivity index (χ3n) is 3.74. The number of ether oxygens (including phenoxy) is 4. The standard InChI is InChI=1S/C18H17NO7/c1-12(26-16-5-3-2-4-6-16)18(20)24-10-14-8-15(19(21)22)7-13-9-23-11-25-17(13)14/h2-8,12H,9-11H2,1H3. The molecule has 0 aromatic heterocycles. The first kappa shape index (κ1) is 17.7. The van der Waals surface area contributed by atoms with E-state index in [1.54, 1.807) is 31.2 Å². The van der Waals surface area contributed by atoms with Gasteiger partial charge >= 0.3 is 5.97 Å². The molecule has 2 aromatic carbocycles. The van der Waals surface area contributed by atoms with Crippen LogP contribution in [-0.4, -0.2) is 23.8 Å². The van der Waals surface area contributed by atoms with Gasteiger partial charge in [0, 0.05) is 23.3 Å². The number of fused-ring (bicyclic) bond motifs is 1. The van der Waals surface area contributed by atoms with E-state index in [9.17, 15) is 14.9 Å². The number of para-hydroxylation sites is 1.